The van der Waals surface area contributed by atoms with Crippen molar-refractivity contribution in [3.8, 4) is 5.75 Å². The van der Waals surface area contributed by atoms with E-state index < -0.39 is 0 Å². The maximum atomic E-state index is 12.0. The summed E-state index contributed by atoms with van der Waals surface area (Å²) in [7, 11) is 4.01. The summed E-state index contributed by atoms with van der Waals surface area (Å²) < 4.78 is 5.53. The molecule has 1 aromatic carbocycles. The quantitative estimate of drug-likeness (QED) is 0.716. The Hall–Kier alpha value is -1.75. The summed E-state index contributed by atoms with van der Waals surface area (Å²) in [6.07, 6.45) is 0.339. The van der Waals surface area contributed by atoms with Crippen LogP contribution in [-0.2, 0) is 4.79 Å². The highest BCUT2D eigenvalue weighted by atomic mass is 16.5. The predicted molar refractivity (Wildman–Crippen MR) is 86.3 cm³/mol. The minimum atomic E-state index is 0.0134. The fraction of sp³-hybridized carbons (Fsp3) is 0.562. The van der Waals surface area contributed by atoms with E-state index in [1.807, 2.05) is 26.2 Å². The number of hydrogen-bond donors (Lipinski definition) is 2. The van der Waals surface area contributed by atoms with Crippen LogP contribution in [0.2, 0.25) is 0 Å². The highest BCUT2D eigenvalue weighted by Gasteiger charge is 2.16. The van der Waals surface area contributed by atoms with Gasteiger partial charge in [0.2, 0.25) is 5.91 Å². The number of ether oxygens (including phenoxy) is 1. The molecule has 1 rings (SSSR count). The number of anilines is 1. The third-order valence-corrected chi connectivity index (χ3v) is 3.17. The molecule has 0 heterocycles. The largest absolute Gasteiger partial charge is 0.493 e. The number of rotatable bonds is 8. The highest BCUT2D eigenvalue weighted by Crippen LogP contribution is 2.14. The molecule has 0 saturated carbocycles. The number of benzene rings is 1. The fourth-order valence-electron chi connectivity index (χ4n) is 1.96. The first kappa shape index (κ1) is 17.3. The monoisotopic (exact) mass is 293 g/mol. The predicted octanol–water partition coefficient (Wildman–Crippen LogP) is 1.74. The van der Waals surface area contributed by atoms with Crippen molar-refractivity contribution in [2.75, 3.05) is 33.0 Å². The second-order valence-corrected chi connectivity index (χ2v) is 5.85. The Kier molecular flexibility index (Phi) is 7.02. The van der Waals surface area contributed by atoms with E-state index in [9.17, 15) is 4.79 Å². The molecule has 1 atom stereocenters. The highest BCUT2D eigenvalue weighted by molar-refractivity contribution is 5.76. The summed E-state index contributed by atoms with van der Waals surface area (Å²) in [6.45, 7) is 5.40. The van der Waals surface area contributed by atoms with Gasteiger partial charge >= 0.3 is 0 Å². The molecule has 0 aliphatic rings. The smallest absolute Gasteiger partial charge is 0.223 e. The van der Waals surface area contributed by atoms with Crippen molar-refractivity contribution < 1.29 is 9.53 Å². The average Bonchev–Trinajstić information content (AvgIpc) is 2.37. The normalized spacial score (nSPS) is 12.5. The maximum absolute atomic E-state index is 12.0. The lowest BCUT2D eigenvalue weighted by Crippen LogP contribution is -2.45. The molecule has 1 amide bonds. The number of carbonyl (C=O) groups excluding carboxylic acids is 1. The lowest BCUT2D eigenvalue weighted by atomic mass is 10.0. The topological polar surface area (TPSA) is 67.6 Å². The zero-order valence-corrected chi connectivity index (χ0v) is 13.4. The van der Waals surface area contributed by atoms with Gasteiger partial charge in [0.25, 0.3) is 0 Å². The SMILES string of the molecule is CC(C)C(CN(C)C)NC(=O)CCOc1cccc(N)c1. The molecule has 1 aromatic rings. The van der Waals surface area contributed by atoms with Crippen LogP contribution in [0.3, 0.4) is 0 Å². The van der Waals surface area contributed by atoms with E-state index in [1.165, 1.54) is 0 Å². The maximum Gasteiger partial charge on any atom is 0.223 e. The number of amides is 1. The minimum Gasteiger partial charge on any atom is -0.493 e. The van der Waals surface area contributed by atoms with E-state index in [0.717, 1.165) is 6.54 Å². The van der Waals surface area contributed by atoms with Gasteiger partial charge in [-0.05, 0) is 32.1 Å². The van der Waals surface area contributed by atoms with Crippen LogP contribution in [0, 0.1) is 5.92 Å². The van der Waals surface area contributed by atoms with E-state index in [1.54, 1.807) is 12.1 Å². The van der Waals surface area contributed by atoms with E-state index in [4.69, 9.17) is 10.5 Å². The molecule has 0 saturated heterocycles. The molecule has 0 radical (unpaired) electrons. The lowest BCUT2D eigenvalue weighted by Gasteiger charge is -2.25. The van der Waals surface area contributed by atoms with Crippen LogP contribution in [0.15, 0.2) is 24.3 Å². The van der Waals surface area contributed by atoms with Gasteiger partial charge in [0.15, 0.2) is 0 Å². The summed E-state index contributed by atoms with van der Waals surface area (Å²) >= 11 is 0. The number of nitrogen functional groups attached to an aromatic ring is 1. The average molecular weight is 293 g/mol. The first-order valence-corrected chi connectivity index (χ1v) is 7.31. The first-order valence-electron chi connectivity index (χ1n) is 7.31. The Morgan fingerprint density at radius 3 is 2.67 bits per heavy atom. The van der Waals surface area contributed by atoms with Gasteiger partial charge in [-0.2, -0.15) is 0 Å². The van der Waals surface area contributed by atoms with Crippen molar-refractivity contribution in [3.63, 3.8) is 0 Å². The van der Waals surface area contributed by atoms with Crippen LogP contribution < -0.4 is 15.8 Å². The van der Waals surface area contributed by atoms with Crippen molar-refractivity contribution in [1.82, 2.24) is 10.2 Å². The molecule has 0 aliphatic carbocycles. The molecule has 118 valence electrons. The number of likely N-dealkylation sites (N-methyl/N-ethyl adjacent to an activating group) is 1. The number of hydrogen-bond acceptors (Lipinski definition) is 4. The van der Waals surface area contributed by atoms with Crippen LogP contribution in [0.5, 0.6) is 5.75 Å². The summed E-state index contributed by atoms with van der Waals surface area (Å²) in [5.41, 5.74) is 6.33. The lowest BCUT2D eigenvalue weighted by molar-refractivity contribution is -0.122. The van der Waals surface area contributed by atoms with Crippen molar-refractivity contribution >= 4 is 11.6 Å². The summed E-state index contributed by atoms with van der Waals surface area (Å²) in [5.74, 6) is 1.10. The van der Waals surface area contributed by atoms with Crippen molar-refractivity contribution in [2.45, 2.75) is 26.3 Å². The molecule has 21 heavy (non-hydrogen) atoms. The third kappa shape index (κ3) is 6.99. The standard InChI is InChI=1S/C16H27N3O2/c1-12(2)15(11-19(3)4)18-16(20)8-9-21-14-7-5-6-13(17)10-14/h5-7,10,12,15H,8-9,11,17H2,1-4H3,(H,18,20). The molecule has 5 nitrogen and oxygen atoms in total. The summed E-state index contributed by atoms with van der Waals surface area (Å²) in [6, 6.07) is 7.36. The third-order valence-electron chi connectivity index (χ3n) is 3.17. The minimum absolute atomic E-state index is 0.0134. The molecule has 5 heteroatoms. The van der Waals surface area contributed by atoms with E-state index in [-0.39, 0.29) is 11.9 Å². The van der Waals surface area contributed by atoms with Crippen molar-refractivity contribution in [3.05, 3.63) is 24.3 Å². The summed E-state index contributed by atoms with van der Waals surface area (Å²) in [4.78, 5) is 14.0. The van der Waals surface area contributed by atoms with Gasteiger partial charge in [-0.15, -0.1) is 0 Å². The van der Waals surface area contributed by atoms with Gasteiger partial charge in [0.1, 0.15) is 5.75 Å². The zero-order chi connectivity index (χ0) is 15.8. The molecule has 0 spiro atoms. The molecule has 0 aromatic heterocycles. The Balaban J connectivity index is 2.35. The van der Waals surface area contributed by atoms with Crippen molar-refractivity contribution in [1.29, 1.82) is 0 Å². The van der Waals surface area contributed by atoms with Crippen LogP contribution >= 0.6 is 0 Å². The van der Waals surface area contributed by atoms with Gasteiger partial charge in [-0.25, -0.2) is 0 Å². The van der Waals surface area contributed by atoms with Gasteiger partial charge < -0.3 is 20.7 Å². The van der Waals surface area contributed by atoms with E-state index >= 15 is 0 Å². The number of nitrogens with one attached hydrogen (secondary N) is 1. The van der Waals surface area contributed by atoms with E-state index in [0.29, 0.717) is 30.4 Å². The van der Waals surface area contributed by atoms with Crippen LogP contribution in [0.1, 0.15) is 20.3 Å². The fourth-order valence-corrected chi connectivity index (χ4v) is 1.96. The molecule has 0 bridgehead atoms. The zero-order valence-electron chi connectivity index (χ0n) is 13.4. The molecule has 0 aliphatic heterocycles. The van der Waals surface area contributed by atoms with Crippen LogP contribution in [-0.4, -0.2) is 44.1 Å². The van der Waals surface area contributed by atoms with Gasteiger partial charge in [-0.3, -0.25) is 4.79 Å². The Morgan fingerprint density at radius 1 is 1.38 bits per heavy atom. The Labute approximate surface area is 127 Å². The van der Waals surface area contributed by atoms with Gasteiger partial charge in [0, 0.05) is 24.3 Å². The number of nitrogens with two attached hydrogens (primary N) is 1. The van der Waals surface area contributed by atoms with Crippen molar-refractivity contribution in [2.24, 2.45) is 5.92 Å². The Morgan fingerprint density at radius 2 is 2.10 bits per heavy atom. The molecule has 1 unspecified atom stereocenters. The second kappa shape index (κ2) is 8.52. The van der Waals surface area contributed by atoms with Crippen LogP contribution in [0.4, 0.5) is 5.69 Å². The molecular weight excluding hydrogens is 266 g/mol. The van der Waals surface area contributed by atoms with Gasteiger partial charge in [-0.1, -0.05) is 19.9 Å². The first-order chi connectivity index (χ1) is 9.88. The molecule has 0 fully saturated rings. The Bertz CT molecular complexity index is 447. The van der Waals surface area contributed by atoms with Crippen LogP contribution in [0.25, 0.3) is 0 Å². The summed E-state index contributed by atoms with van der Waals surface area (Å²) in [5, 5.41) is 3.06. The second-order valence-electron chi connectivity index (χ2n) is 5.85. The molecular formula is C16H27N3O2. The molecule has 3 N–H and O–H groups in total. The van der Waals surface area contributed by atoms with Gasteiger partial charge in [0.05, 0.1) is 13.0 Å². The van der Waals surface area contributed by atoms with E-state index in [2.05, 4.69) is 24.1 Å². The number of nitrogens with zero attached hydrogens (tertiary/aromatic N) is 1. The number of carbonyl (C=O) groups is 1.